The van der Waals surface area contributed by atoms with Crippen LogP contribution < -0.4 is 11.1 Å². The molecule has 0 unspecified atom stereocenters. The first-order valence-corrected chi connectivity index (χ1v) is 6.00. The SMILES string of the molecule is CC(=O)NC(C)(C)/C=C/N=C/C(=C\N)C(=O)O.CC(F)(F)F. The summed E-state index contributed by atoms with van der Waals surface area (Å²) in [6.07, 6.45) is 1.13. The van der Waals surface area contributed by atoms with Gasteiger partial charge in [-0.2, -0.15) is 13.2 Å². The maximum absolute atomic E-state index is 10.8. The predicted molar refractivity (Wildman–Crippen MR) is 77.2 cm³/mol. The molecule has 0 bridgehead atoms. The summed E-state index contributed by atoms with van der Waals surface area (Å²) >= 11 is 0. The van der Waals surface area contributed by atoms with Gasteiger partial charge < -0.3 is 16.2 Å². The molecule has 0 spiro atoms. The first kappa shape index (κ1) is 22.0. The van der Waals surface area contributed by atoms with Crippen molar-refractivity contribution in [1.29, 1.82) is 0 Å². The second-order valence-corrected chi connectivity index (χ2v) is 4.71. The van der Waals surface area contributed by atoms with Crippen molar-refractivity contribution in [1.82, 2.24) is 5.32 Å². The quantitative estimate of drug-likeness (QED) is 0.531. The molecule has 0 radical (unpaired) electrons. The molecule has 4 N–H and O–H groups in total. The van der Waals surface area contributed by atoms with Gasteiger partial charge in [0.15, 0.2) is 0 Å². The third-order valence-electron chi connectivity index (χ3n) is 1.72. The van der Waals surface area contributed by atoms with Gasteiger partial charge in [0, 0.05) is 32.5 Å². The number of carbonyl (C=O) groups excluding carboxylic acids is 1. The van der Waals surface area contributed by atoms with E-state index in [0.29, 0.717) is 0 Å². The van der Waals surface area contributed by atoms with Crippen LogP contribution in [0.15, 0.2) is 29.0 Å². The molecule has 22 heavy (non-hydrogen) atoms. The lowest BCUT2D eigenvalue weighted by Gasteiger charge is -2.20. The van der Waals surface area contributed by atoms with E-state index in [4.69, 9.17) is 10.8 Å². The molecule has 0 atom stereocenters. The average Bonchev–Trinajstić information content (AvgIpc) is 2.24. The summed E-state index contributed by atoms with van der Waals surface area (Å²) < 4.78 is 31.1. The van der Waals surface area contributed by atoms with Crippen LogP contribution in [-0.4, -0.2) is 34.9 Å². The molecule has 0 aliphatic rings. The topological polar surface area (TPSA) is 105 Å². The van der Waals surface area contributed by atoms with Gasteiger partial charge in [0.25, 0.3) is 0 Å². The second kappa shape index (κ2) is 9.59. The number of amides is 1. The molecule has 0 saturated heterocycles. The van der Waals surface area contributed by atoms with Gasteiger partial charge in [-0.05, 0) is 19.9 Å². The van der Waals surface area contributed by atoms with Crippen molar-refractivity contribution >= 4 is 18.1 Å². The Bertz CT molecular complexity index is 461. The molecule has 0 aromatic carbocycles. The Morgan fingerprint density at radius 3 is 2.00 bits per heavy atom. The molecule has 0 aliphatic carbocycles. The van der Waals surface area contributed by atoms with Gasteiger partial charge in [0.1, 0.15) is 0 Å². The van der Waals surface area contributed by atoms with Gasteiger partial charge in [-0.15, -0.1) is 0 Å². The van der Waals surface area contributed by atoms with Crippen molar-refractivity contribution in [2.45, 2.75) is 39.4 Å². The summed E-state index contributed by atoms with van der Waals surface area (Å²) in [4.78, 5) is 25.2. The standard InChI is InChI=1S/C11H17N3O3.C2H3F3/c1-8(15)14-11(2,3)4-5-13-7-9(6-12)10(16)17;1-2(3,4)5/h4-7H,12H2,1-3H3,(H,14,15)(H,16,17);1H3/b5-4+,9-6+,13-7+;. The lowest BCUT2D eigenvalue weighted by atomic mass is 10.1. The molecule has 9 heteroatoms. The monoisotopic (exact) mass is 323 g/mol. The number of nitrogens with two attached hydrogens (primary N) is 1. The van der Waals surface area contributed by atoms with Crippen molar-refractivity contribution in [3.8, 4) is 0 Å². The van der Waals surface area contributed by atoms with Crippen LogP contribution in [0.4, 0.5) is 13.2 Å². The number of hydrogen-bond donors (Lipinski definition) is 3. The van der Waals surface area contributed by atoms with E-state index in [2.05, 4.69) is 10.3 Å². The number of nitrogens with zero attached hydrogens (tertiary/aromatic N) is 1. The third-order valence-corrected chi connectivity index (χ3v) is 1.72. The van der Waals surface area contributed by atoms with Gasteiger partial charge in [0.2, 0.25) is 5.91 Å². The zero-order valence-corrected chi connectivity index (χ0v) is 12.7. The number of carboxylic acid groups (broad SMARTS) is 1. The zero-order valence-electron chi connectivity index (χ0n) is 12.7. The van der Waals surface area contributed by atoms with Crippen LogP contribution in [0.5, 0.6) is 0 Å². The van der Waals surface area contributed by atoms with Crippen LogP contribution in [0.2, 0.25) is 0 Å². The van der Waals surface area contributed by atoms with E-state index >= 15 is 0 Å². The maximum Gasteiger partial charge on any atom is 0.386 e. The number of halogens is 3. The minimum absolute atomic E-state index is 0.105. The predicted octanol–water partition coefficient (Wildman–Crippen LogP) is 1.98. The highest BCUT2D eigenvalue weighted by molar-refractivity contribution is 6.08. The Kier molecular flexibility index (Phi) is 9.57. The lowest BCUT2D eigenvalue weighted by Crippen LogP contribution is -2.40. The number of aliphatic imine (C=N–C) groups is 1. The van der Waals surface area contributed by atoms with Crippen molar-refractivity contribution in [2.75, 3.05) is 0 Å². The fourth-order valence-electron chi connectivity index (χ4n) is 1.02. The molecule has 0 aliphatic heterocycles. The van der Waals surface area contributed by atoms with Crippen LogP contribution in [-0.2, 0) is 9.59 Å². The van der Waals surface area contributed by atoms with Gasteiger partial charge in [-0.1, -0.05) is 0 Å². The zero-order chi connectivity index (χ0) is 18.0. The maximum atomic E-state index is 10.8. The number of hydrogen-bond acceptors (Lipinski definition) is 4. The van der Waals surface area contributed by atoms with Crippen molar-refractivity contribution in [2.24, 2.45) is 10.7 Å². The Hall–Kier alpha value is -2.32. The molecule has 0 fully saturated rings. The van der Waals surface area contributed by atoms with E-state index in [9.17, 15) is 22.8 Å². The summed E-state index contributed by atoms with van der Waals surface area (Å²) in [5, 5.41) is 11.3. The highest BCUT2D eigenvalue weighted by atomic mass is 19.4. The third kappa shape index (κ3) is 17.7. The molecular weight excluding hydrogens is 303 g/mol. The summed E-state index contributed by atoms with van der Waals surface area (Å²) in [5.41, 5.74) is 4.45. The molecule has 0 aromatic rings. The number of carbonyl (C=O) groups is 2. The van der Waals surface area contributed by atoms with Crippen molar-refractivity contribution < 1.29 is 27.9 Å². The molecule has 126 valence electrons. The Balaban J connectivity index is 0. The lowest BCUT2D eigenvalue weighted by molar-refractivity contribution is -0.132. The average molecular weight is 323 g/mol. The molecule has 1 amide bonds. The molecule has 0 saturated carbocycles. The largest absolute Gasteiger partial charge is 0.478 e. The van der Waals surface area contributed by atoms with E-state index < -0.39 is 17.7 Å². The van der Waals surface area contributed by atoms with Crippen LogP contribution >= 0.6 is 0 Å². The van der Waals surface area contributed by atoms with E-state index in [-0.39, 0.29) is 18.4 Å². The van der Waals surface area contributed by atoms with Crippen LogP contribution in [0.1, 0.15) is 27.7 Å². The molecule has 0 rings (SSSR count). The second-order valence-electron chi connectivity index (χ2n) is 4.71. The molecule has 6 nitrogen and oxygen atoms in total. The van der Waals surface area contributed by atoms with Crippen LogP contribution in [0, 0.1) is 0 Å². The highest BCUT2D eigenvalue weighted by Gasteiger charge is 2.15. The molecule has 0 aromatic heterocycles. The van der Waals surface area contributed by atoms with Crippen LogP contribution in [0.25, 0.3) is 0 Å². The summed E-state index contributed by atoms with van der Waals surface area (Å²) in [6, 6.07) is 0. The van der Waals surface area contributed by atoms with Crippen LogP contribution in [0.3, 0.4) is 0 Å². The minimum atomic E-state index is -4.00. The smallest absolute Gasteiger partial charge is 0.386 e. The first-order chi connectivity index (χ1) is 9.78. The highest BCUT2D eigenvalue weighted by Crippen LogP contribution is 2.10. The van der Waals surface area contributed by atoms with Crippen molar-refractivity contribution in [3.63, 3.8) is 0 Å². The number of aliphatic carboxylic acids is 1. The van der Waals surface area contributed by atoms with Crippen molar-refractivity contribution in [3.05, 3.63) is 24.0 Å². The van der Waals surface area contributed by atoms with E-state index in [1.54, 1.807) is 19.9 Å². The Morgan fingerprint density at radius 1 is 1.23 bits per heavy atom. The summed E-state index contributed by atoms with van der Waals surface area (Å²) in [5.74, 6) is -1.30. The minimum Gasteiger partial charge on any atom is -0.478 e. The summed E-state index contributed by atoms with van der Waals surface area (Å²) in [6.45, 7) is 5.18. The van der Waals surface area contributed by atoms with Gasteiger partial charge in [0.05, 0.1) is 11.1 Å². The van der Waals surface area contributed by atoms with E-state index in [1.807, 2.05) is 0 Å². The number of nitrogens with one attached hydrogen (secondary N) is 1. The van der Waals surface area contributed by atoms with E-state index in [0.717, 1.165) is 12.4 Å². The molecule has 0 heterocycles. The summed E-state index contributed by atoms with van der Waals surface area (Å²) in [7, 11) is 0. The Labute approximate surface area is 126 Å². The first-order valence-electron chi connectivity index (χ1n) is 6.00. The fourth-order valence-corrected chi connectivity index (χ4v) is 1.02. The molecular formula is C13H20F3N3O3. The number of rotatable bonds is 5. The van der Waals surface area contributed by atoms with Gasteiger partial charge in [-0.25, -0.2) is 4.79 Å². The number of carboxylic acids is 1. The number of alkyl halides is 3. The fraction of sp³-hybridized carbons (Fsp3) is 0.462. The van der Waals surface area contributed by atoms with Gasteiger partial charge >= 0.3 is 12.1 Å². The van der Waals surface area contributed by atoms with E-state index in [1.165, 1.54) is 13.1 Å². The normalized spacial score (nSPS) is 13.0. The Morgan fingerprint density at radius 2 is 1.68 bits per heavy atom. The van der Waals surface area contributed by atoms with Gasteiger partial charge in [-0.3, -0.25) is 9.79 Å².